The molecule has 1 aromatic carbocycles. The van der Waals surface area contributed by atoms with Crippen molar-refractivity contribution in [3.05, 3.63) is 35.5 Å². The molecule has 0 N–H and O–H groups in total. The quantitative estimate of drug-likeness (QED) is 0.572. The molecule has 2 aromatic rings. The summed E-state index contributed by atoms with van der Waals surface area (Å²) in [7, 11) is 0. The normalized spacial score (nSPS) is 10.5. The molecule has 0 radical (unpaired) electrons. The first-order chi connectivity index (χ1) is 8.83. The Labute approximate surface area is 104 Å². The molecule has 18 heavy (non-hydrogen) atoms. The predicted octanol–water partition coefficient (Wildman–Crippen LogP) is 1.39. The molecule has 0 aliphatic heterocycles. The summed E-state index contributed by atoms with van der Waals surface area (Å²) < 4.78 is 15.1. The van der Waals surface area contributed by atoms with E-state index in [1.54, 1.807) is 12.1 Å². The van der Waals surface area contributed by atoms with Crippen LogP contribution in [0.15, 0.2) is 35.0 Å². The van der Waals surface area contributed by atoms with E-state index >= 15 is 0 Å². The minimum Gasteiger partial charge on any atom is -0.453 e. The van der Waals surface area contributed by atoms with E-state index in [9.17, 15) is 5.21 Å². The van der Waals surface area contributed by atoms with Crippen molar-refractivity contribution in [3.63, 3.8) is 0 Å². The molecule has 1 heterocycles. The maximum absolute atomic E-state index is 11.5. The molecule has 0 fully saturated rings. The second-order valence-corrected chi connectivity index (χ2v) is 3.50. The van der Waals surface area contributed by atoms with Gasteiger partial charge in [-0.25, -0.2) is 0 Å². The van der Waals surface area contributed by atoms with Gasteiger partial charge in [-0.05, 0) is 11.8 Å². The molecule has 2 rings (SSSR count). The third-order valence-corrected chi connectivity index (χ3v) is 2.30. The van der Waals surface area contributed by atoms with Crippen LogP contribution < -0.4 is 9.64 Å². The van der Waals surface area contributed by atoms with E-state index in [0.29, 0.717) is 30.3 Å². The number of aromatic nitrogens is 2. The molecule has 0 saturated carbocycles. The molecule has 0 atom stereocenters. The van der Waals surface area contributed by atoms with Crippen molar-refractivity contribution in [1.29, 1.82) is 0 Å². The Kier molecular flexibility index (Phi) is 4.14. The van der Waals surface area contributed by atoms with Crippen LogP contribution in [-0.2, 0) is 4.74 Å². The van der Waals surface area contributed by atoms with Crippen molar-refractivity contribution < 1.29 is 19.0 Å². The van der Waals surface area contributed by atoms with Crippen molar-refractivity contribution >= 4 is 0 Å². The highest BCUT2D eigenvalue weighted by atomic mass is 16.8. The van der Waals surface area contributed by atoms with Gasteiger partial charge in [-0.1, -0.05) is 30.3 Å². The summed E-state index contributed by atoms with van der Waals surface area (Å²) in [5, 5.41) is 15.1. The molecular formula is C12H14N2O4. The van der Waals surface area contributed by atoms with Crippen LogP contribution in [0.2, 0.25) is 0 Å². The summed E-state index contributed by atoms with van der Waals surface area (Å²) in [4.78, 5) is 0.339. The Morgan fingerprint density at radius 1 is 1.28 bits per heavy atom. The molecule has 6 heteroatoms. The minimum absolute atomic E-state index is 0.177. The second kappa shape index (κ2) is 6.02. The summed E-state index contributed by atoms with van der Waals surface area (Å²) in [6, 6.07) is 9.09. The Morgan fingerprint density at radius 3 is 2.78 bits per heavy atom. The SMILES string of the molecule is CCOCCOc1no[n+]([O-])c1-c1ccccc1. The lowest BCUT2D eigenvalue weighted by molar-refractivity contribution is -0.793. The molecule has 0 aliphatic carbocycles. The Morgan fingerprint density at radius 2 is 2.06 bits per heavy atom. The van der Waals surface area contributed by atoms with E-state index in [-0.39, 0.29) is 11.6 Å². The lowest BCUT2D eigenvalue weighted by Gasteiger charge is -2.01. The monoisotopic (exact) mass is 250 g/mol. The highest BCUT2D eigenvalue weighted by Crippen LogP contribution is 2.24. The zero-order valence-corrected chi connectivity index (χ0v) is 10.0. The summed E-state index contributed by atoms with van der Waals surface area (Å²) >= 11 is 0. The van der Waals surface area contributed by atoms with Gasteiger partial charge in [0.25, 0.3) is 5.69 Å². The van der Waals surface area contributed by atoms with Gasteiger partial charge >= 0.3 is 5.88 Å². The Balaban J connectivity index is 2.12. The van der Waals surface area contributed by atoms with Crippen molar-refractivity contribution in [2.24, 2.45) is 0 Å². The first-order valence-corrected chi connectivity index (χ1v) is 5.68. The van der Waals surface area contributed by atoms with Crippen molar-refractivity contribution in [1.82, 2.24) is 5.16 Å². The fourth-order valence-electron chi connectivity index (χ4n) is 1.50. The van der Waals surface area contributed by atoms with Gasteiger partial charge in [-0.2, -0.15) is 0 Å². The van der Waals surface area contributed by atoms with Gasteiger partial charge in [0, 0.05) is 12.2 Å². The summed E-state index contributed by atoms with van der Waals surface area (Å²) in [5.74, 6) is 0.177. The lowest BCUT2D eigenvalue weighted by atomic mass is 10.2. The fourth-order valence-corrected chi connectivity index (χ4v) is 1.50. The molecule has 96 valence electrons. The molecule has 0 saturated heterocycles. The van der Waals surface area contributed by atoms with Crippen LogP contribution in [0.4, 0.5) is 0 Å². The first-order valence-electron chi connectivity index (χ1n) is 5.68. The molecule has 6 nitrogen and oxygen atoms in total. The smallest absolute Gasteiger partial charge is 0.403 e. The Bertz CT molecular complexity index is 484. The van der Waals surface area contributed by atoms with E-state index in [2.05, 4.69) is 9.79 Å². The van der Waals surface area contributed by atoms with E-state index in [4.69, 9.17) is 9.47 Å². The first kappa shape index (κ1) is 12.4. The minimum atomic E-state index is 0.177. The van der Waals surface area contributed by atoms with Crippen LogP contribution in [-0.4, -0.2) is 25.0 Å². The van der Waals surface area contributed by atoms with E-state index in [1.807, 2.05) is 25.1 Å². The maximum Gasteiger partial charge on any atom is 0.403 e. The van der Waals surface area contributed by atoms with Crippen molar-refractivity contribution in [2.45, 2.75) is 6.92 Å². The van der Waals surface area contributed by atoms with Gasteiger partial charge in [-0.3, -0.25) is 4.63 Å². The van der Waals surface area contributed by atoms with Gasteiger partial charge in [0.05, 0.1) is 11.8 Å². The van der Waals surface area contributed by atoms with Gasteiger partial charge < -0.3 is 14.7 Å². The number of ether oxygens (including phenoxy) is 2. The molecule has 0 amide bonds. The van der Waals surface area contributed by atoms with Gasteiger partial charge in [-0.15, -0.1) is 0 Å². The Hall–Kier alpha value is -2.08. The summed E-state index contributed by atoms with van der Waals surface area (Å²) in [5.41, 5.74) is 0.965. The van der Waals surface area contributed by atoms with Crippen LogP contribution in [0.25, 0.3) is 11.3 Å². The average Bonchev–Trinajstić information content (AvgIpc) is 2.77. The maximum atomic E-state index is 11.5. The van der Waals surface area contributed by atoms with E-state index in [0.717, 1.165) is 0 Å². The molecule has 0 unspecified atom stereocenters. The standard InChI is InChI=1S/C12H14N2O4/c1-2-16-8-9-17-12-11(14(15)18-13-12)10-6-4-3-5-7-10/h3-7H,2,8-9H2,1H3. The predicted molar refractivity (Wildman–Crippen MR) is 62.9 cm³/mol. The van der Waals surface area contributed by atoms with E-state index < -0.39 is 0 Å². The van der Waals surface area contributed by atoms with Crippen LogP contribution in [0.5, 0.6) is 5.88 Å². The zero-order chi connectivity index (χ0) is 12.8. The summed E-state index contributed by atoms with van der Waals surface area (Å²) in [6.45, 7) is 3.28. The van der Waals surface area contributed by atoms with Crippen LogP contribution in [0, 0.1) is 5.21 Å². The van der Waals surface area contributed by atoms with Crippen LogP contribution in [0.1, 0.15) is 6.92 Å². The number of benzene rings is 1. The number of hydrogen-bond donors (Lipinski definition) is 0. The number of rotatable bonds is 6. The lowest BCUT2D eigenvalue weighted by Crippen LogP contribution is -2.25. The molecule has 0 spiro atoms. The highest BCUT2D eigenvalue weighted by Gasteiger charge is 2.22. The van der Waals surface area contributed by atoms with E-state index in [1.165, 1.54) is 0 Å². The average molecular weight is 250 g/mol. The topological polar surface area (TPSA) is 71.4 Å². The van der Waals surface area contributed by atoms with Crippen molar-refractivity contribution in [2.75, 3.05) is 19.8 Å². The largest absolute Gasteiger partial charge is 0.453 e. The van der Waals surface area contributed by atoms with Gasteiger partial charge in [0.2, 0.25) is 0 Å². The van der Waals surface area contributed by atoms with Crippen LogP contribution in [0.3, 0.4) is 0 Å². The highest BCUT2D eigenvalue weighted by molar-refractivity contribution is 5.60. The third-order valence-electron chi connectivity index (χ3n) is 2.30. The number of hydrogen-bond acceptors (Lipinski definition) is 5. The van der Waals surface area contributed by atoms with Gasteiger partial charge in [0.1, 0.15) is 6.61 Å². The van der Waals surface area contributed by atoms with Crippen LogP contribution >= 0.6 is 0 Å². The van der Waals surface area contributed by atoms with Crippen molar-refractivity contribution in [3.8, 4) is 17.1 Å². The third kappa shape index (κ3) is 2.78. The molecule has 1 aromatic heterocycles. The molecule has 0 bridgehead atoms. The molecule has 0 aliphatic rings. The number of nitrogens with zero attached hydrogens (tertiary/aromatic N) is 2. The van der Waals surface area contributed by atoms with Gasteiger partial charge in [0.15, 0.2) is 0 Å². The second-order valence-electron chi connectivity index (χ2n) is 3.50. The molecular weight excluding hydrogens is 236 g/mol. The fraction of sp³-hybridized carbons (Fsp3) is 0.333. The summed E-state index contributed by atoms with van der Waals surface area (Å²) in [6.07, 6.45) is 0. The zero-order valence-electron chi connectivity index (χ0n) is 10.0.